The van der Waals surface area contributed by atoms with E-state index in [4.69, 9.17) is 4.42 Å². The first-order chi connectivity index (χ1) is 12.8. The number of hydrogen-bond acceptors (Lipinski definition) is 5. The number of hydrazine groups is 1. The molecule has 0 fully saturated rings. The van der Waals surface area contributed by atoms with Crippen molar-refractivity contribution in [2.24, 2.45) is 0 Å². The monoisotopic (exact) mass is 401 g/mol. The number of alkyl halides is 3. The molecule has 0 bridgehead atoms. The molecule has 6 nitrogen and oxygen atoms in total. The van der Waals surface area contributed by atoms with E-state index in [-0.39, 0.29) is 11.4 Å². The van der Waals surface area contributed by atoms with Gasteiger partial charge in [0, 0.05) is 0 Å². The zero-order valence-corrected chi connectivity index (χ0v) is 15.1. The van der Waals surface area contributed by atoms with E-state index in [9.17, 15) is 22.8 Å². The van der Waals surface area contributed by atoms with E-state index in [1.165, 1.54) is 48.4 Å². The van der Waals surface area contributed by atoms with Crippen molar-refractivity contribution in [3.05, 3.63) is 54.0 Å². The van der Waals surface area contributed by atoms with Gasteiger partial charge in [0.1, 0.15) is 6.04 Å². The van der Waals surface area contributed by atoms with Crippen LogP contribution in [0.25, 0.3) is 0 Å². The maximum Gasteiger partial charge on any atom is 0.418 e. The van der Waals surface area contributed by atoms with Gasteiger partial charge in [0.15, 0.2) is 5.76 Å². The van der Waals surface area contributed by atoms with Crippen LogP contribution in [0.1, 0.15) is 22.5 Å². The lowest BCUT2D eigenvalue weighted by Crippen LogP contribution is -2.48. The number of rotatable bonds is 8. The van der Waals surface area contributed by atoms with Crippen LogP contribution in [0.3, 0.4) is 0 Å². The van der Waals surface area contributed by atoms with Gasteiger partial charge in [0.05, 0.1) is 17.5 Å². The molecular formula is C17H18F3N3O3S. The highest BCUT2D eigenvalue weighted by Crippen LogP contribution is 2.34. The highest BCUT2D eigenvalue weighted by Gasteiger charge is 2.33. The number of carbonyl (C=O) groups excluding carboxylic acids is 2. The lowest BCUT2D eigenvalue weighted by atomic mass is 10.2. The van der Waals surface area contributed by atoms with Crippen molar-refractivity contribution in [1.82, 2.24) is 10.7 Å². The molecular weight excluding hydrogens is 383 g/mol. The Bertz CT molecular complexity index is 766. The lowest BCUT2D eigenvalue weighted by Gasteiger charge is -2.20. The highest BCUT2D eigenvalue weighted by molar-refractivity contribution is 7.98. The van der Waals surface area contributed by atoms with Gasteiger partial charge in [-0.05, 0) is 42.7 Å². The van der Waals surface area contributed by atoms with Crippen LogP contribution in [0.5, 0.6) is 0 Å². The minimum absolute atomic E-state index is 0.0346. The normalized spacial score (nSPS) is 12.3. The van der Waals surface area contributed by atoms with Gasteiger partial charge in [0.2, 0.25) is 0 Å². The topological polar surface area (TPSA) is 83.4 Å². The fourth-order valence-corrected chi connectivity index (χ4v) is 2.67. The summed E-state index contributed by atoms with van der Waals surface area (Å²) in [4.78, 5) is 24.5. The van der Waals surface area contributed by atoms with Crippen molar-refractivity contribution in [3.8, 4) is 0 Å². The van der Waals surface area contributed by atoms with Gasteiger partial charge < -0.3 is 9.73 Å². The molecule has 0 spiro atoms. The lowest BCUT2D eigenvalue weighted by molar-refractivity contribution is -0.137. The van der Waals surface area contributed by atoms with Crippen molar-refractivity contribution in [1.29, 1.82) is 0 Å². The van der Waals surface area contributed by atoms with Crippen LogP contribution in [0.2, 0.25) is 0 Å². The van der Waals surface area contributed by atoms with Crippen LogP contribution < -0.4 is 16.2 Å². The smallest absolute Gasteiger partial charge is 0.418 e. The Hall–Kier alpha value is -2.62. The highest BCUT2D eigenvalue weighted by atomic mass is 32.2. The molecule has 1 aromatic heterocycles. The number of anilines is 1. The number of para-hydroxylation sites is 1. The number of hydrogen-bond donors (Lipinski definition) is 3. The third-order valence-electron chi connectivity index (χ3n) is 3.53. The molecule has 1 aromatic carbocycles. The van der Waals surface area contributed by atoms with Gasteiger partial charge >= 0.3 is 6.18 Å². The van der Waals surface area contributed by atoms with Gasteiger partial charge in [-0.1, -0.05) is 12.1 Å². The van der Waals surface area contributed by atoms with Gasteiger partial charge in [-0.25, -0.2) is 0 Å². The third-order valence-corrected chi connectivity index (χ3v) is 4.17. The molecule has 2 rings (SSSR count). The summed E-state index contributed by atoms with van der Waals surface area (Å²) >= 11 is 1.47. The summed E-state index contributed by atoms with van der Waals surface area (Å²) in [6, 6.07) is 6.78. The van der Waals surface area contributed by atoms with Crippen molar-refractivity contribution in [3.63, 3.8) is 0 Å². The molecule has 0 aliphatic carbocycles. The quantitative estimate of drug-likeness (QED) is 0.592. The summed E-state index contributed by atoms with van der Waals surface area (Å²) in [6.45, 7) is 0. The van der Waals surface area contributed by atoms with Crippen molar-refractivity contribution in [2.75, 3.05) is 17.4 Å². The van der Waals surface area contributed by atoms with Crippen molar-refractivity contribution >= 4 is 29.3 Å². The first kappa shape index (κ1) is 20.7. The Morgan fingerprint density at radius 3 is 2.56 bits per heavy atom. The Morgan fingerprint density at radius 1 is 1.19 bits per heavy atom. The van der Waals surface area contributed by atoms with E-state index >= 15 is 0 Å². The molecule has 1 atom stereocenters. The van der Waals surface area contributed by atoms with E-state index in [0.717, 1.165) is 6.07 Å². The van der Waals surface area contributed by atoms with Crippen molar-refractivity contribution < 1.29 is 27.2 Å². The predicted octanol–water partition coefficient (Wildman–Crippen LogP) is 3.29. The molecule has 1 unspecified atom stereocenters. The van der Waals surface area contributed by atoms with Gasteiger partial charge in [-0.15, -0.1) is 0 Å². The van der Waals surface area contributed by atoms with Crippen LogP contribution >= 0.6 is 11.8 Å². The third kappa shape index (κ3) is 5.95. The standard InChI is InChI=1S/C17H18F3N3O3S/c1-27-10-8-13(21-16(25)14-7-4-9-26-14)15(24)23-22-12-6-3-2-5-11(12)17(18,19)20/h2-7,9,13,22H,8,10H2,1H3,(H,21,25)(H,23,24). The Labute approximate surface area is 157 Å². The molecule has 10 heteroatoms. The van der Waals surface area contributed by atoms with E-state index in [1.807, 2.05) is 6.26 Å². The summed E-state index contributed by atoms with van der Waals surface area (Å²) in [7, 11) is 0. The average Bonchev–Trinajstić information content (AvgIpc) is 3.17. The zero-order valence-electron chi connectivity index (χ0n) is 14.3. The predicted molar refractivity (Wildman–Crippen MR) is 96.2 cm³/mol. The van der Waals surface area contributed by atoms with Crippen LogP contribution in [-0.4, -0.2) is 29.9 Å². The fraction of sp³-hybridized carbons (Fsp3) is 0.294. The van der Waals surface area contributed by atoms with Crippen molar-refractivity contribution in [2.45, 2.75) is 18.6 Å². The van der Waals surface area contributed by atoms with E-state index in [0.29, 0.717) is 12.2 Å². The Morgan fingerprint density at radius 2 is 1.93 bits per heavy atom. The number of benzene rings is 1. The maximum absolute atomic E-state index is 13.0. The zero-order chi connectivity index (χ0) is 19.9. The second-order valence-corrected chi connectivity index (χ2v) is 6.43. The van der Waals surface area contributed by atoms with Crippen LogP contribution in [0.15, 0.2) is 47.1 Å². The molecule has 3 N–H and O–H groups in total. The van der Waals surface area contributed by atoms with Gasteiger partial charge in [0.25, 0.3) is 11.8 Å². The summed E-state index contributed by atoms with van der Waals surface area (Å²) in [5, 5.41) is 2.51. The molecule has 0 saturated heterocycles. The minimum atomic E-state index is -4.57. The molecule has 27 heavy (non-hydrogen) atoms. The van der Waals surface area contributed by atoms with E-state index < -0.39 is 29.6 Å². The van der Waals surface area contributed by atoms with E-state index in [2.05, 4.69) is 16.2 Å². The first-order valence-corrected chi connectivity index (χ1v) is 9.27. The molecule has 2 amide bonds. The first-order valence-electron chi connectivity index (χ1n) is 7.88. The second-order valence-electron chi connectivity index (χ2n) is 5.44. The largest absolute Gasteiger partial charge is 0.459 e. The molecule has 146 valence electrons. The number of nitrogens with one attached hydrogen (secondary N) is 3. The summed E-state index contributed by atoms with van der Waals surface area (Å²) in [5.41, 5.74) is 3.31. The minimum Gasteiger partial charge on any atom is -0.459 e. The number of furan rings is 1. The number of thioether (sulfide) groups is 1. The SMILES string of the molecule is CSCCC(NC(=O)c1ccco1)C(=O)NNc1ccccc1C(F)(F)F. The molecule has 0 saturated carbocycles. The molecule has 2 aromatic rings. The maximum atomic E-state index is 13.0. The van der Waals surface area contributed by atoms with Crippen LogP contribution in [0, 0.1) is 0 Å². The molecule has 1 heterocycles. The fourth-order valence-electron chi connectivity index (χ4n) is 2.20. The number of halogens is 3. The second kappa shape index (κ2) is 9.36. The van der Waals surface area contributed by atoms with Crippen LogP contribution in [0.4, 0.5) is 18.9 Å². The summed E-state index contributed by atoms with van der Waals surface area (Å²) in [5.74, 6) is -0.652. The summed E-state index contributed by atoms with van der Waals surface area (Å²) < 4.78 is 44.0. The molecule has 0 aliphatic heterocycles. The molecule has 0 aliphatic rings. The average molecular weight is 401 g/mol. The van der Waals surface area contributed by atoms with Gasteiger partial charge in [-0.2, -0.15) is 24.9 Å². The number of carbonyl (C=O) groups is 2. The van der Waals surface area contributed by atoms with Gasteiger partial charge in [-0.3, -0.25) is 20.4 Å². The Kier molecular flexibility index (Phi) is 7.17. The van der Waals surface area contributed by atoms with Crippen LogP contribution in [-0.2, 0) is 11.0 Å². The van der Waals surface area contributed by atoms with E-state index in [1.54, 1.807) is 0 Å². The Balaban J connectivity index is 2.05. The summed E-state index contributed by atoms with van der Waals surface area (Å²) in [6.07, 6.45) is -1.12. The number of amides is 2. The molecule has 0 radical (unpaired) electrons.